The Balaban J connectivity index is 1.61. The number of ketones is 1. The van der Waals surface area contributed by atoms with Crippen molar-refractivity contribution in [3.05, 3.63) is 63.3 Å². The van der Waals surface area contributed by atoms with Crippen LogP contribution in [0.4, 0.5) is 5.13 Å². The van der Waals surface area contributed by atoms with Crippen molar-refractivity contribution in [1.82, 2.24) is 4.98 Å². The summed E-state index contributed by atoms with van der Waals surface area (Å²) in [5, 5.41) is 4.27. The lowest BCUT2D eigenvalue weighted by Crippen LogP contribution is -2.31. The summed E-state index contributed by atoms with van der Waals surface area (Å²) in [6.07, 6.45) is 0.0776. The summed E-state index contributed by atoms with van der Waals surface area (Å²) in [5.74, 6) is 0.422. The average Bonchev–Trinajstić information content (AvgIpc) is 3.40. The van der Waals surface area contributed by atoms with Gasteiger partial charge in [-0.2, -0.15) is 0 Å². The molecule has 0 saturated carbocycles. The van der Waals surface area contributed by atoms with Crippen LogP contribution in [0.3, 0.4) is 0 Å². The van der Waals surface area contributed by atoms with Gasteiger partial charge in [-0.1, -0.05) is 25.1 Å². The number of carbonyl (C=O) groups excluding carboxylic acids is 2. The van der Waals surface area contributed by atoms with Gasteiger partial charge in [-0.05, 0) is 30.0 Å². The van der Waals surface area contributed by atoms with Crippen LogP contribution in [0.25, 0.3) is 0 Å². The fourth-order valence-electron chi connectivity index (χ4n) is 2.85. The molecule has 1 aliphatic rings. The van der Waals surface area contributed by atoms with Crippen LogP contribution in [0.2, 0.25) is 0 Å². The molecule has 3 aromatic rings. The van der Waals surface area contributed by atoms with E-state index < -0.39 is 6.10 Å². The SMILES string of the molecule is CCCN(C(=O)c1cccs1)c1nc(C2Oc3ccccc3C2=O)cs1. The van der Waals surface area contributed by atoms with E-state index in [0.717, 1.165) is 6.42 Å². The number of aromatic nitrogens is 1. The molecule has 4 rings (SSSR count). The minimum absolute atomic E-state index is 0.0651. The van der Waals surface area contributed by atoms with Crippen molar-refractivity contribution in [1.29, 1.82) is 0 Å². The van der Waals surface area contributed by atoms with E-state index in [0.29, 0.717) is 33.6 Å². The van der Waals surface area contributed by atoms with Gasteiger partial charge in [-0.15, -0.1) is 22.7 Å². The van der Waals surface area contributed by atoms with E-state index in [1.807, 2.05) is 36.6 Å². The van der Waals surface area contributed by atoms with E-state index in [2.05, 4.69) is 4.98 Å². The highest BCUT2D eigenvalue weighted by Gasteiger charge is 2.35. The second-order valence-electron chi connectivity index (χ2n) is 5.85. The molecule has 5 nitrogen and oxygen atoms in total. The number of ether oxygens (including phenoxy) is 1. The van der Waals surface area contributed by atoms with Crippen molar-refractivity contribution in [3.63, 3.8) is 0 Å². The van der Waals surface area contributed by atoms with Gasteiger partial charge in [0.2, 0.25) is 11.9 Å². The molecule has 1 aliphatic heterocycles. The number of benzene rings is 1. The Bertz CT molecular complexity index is 949. The molecule has 2 aromatic heterocycles. The van der Waals surface area contributed by atoms with Crippen molar-refractivity contribution in [3.8, 4) is 5.75 Å². The zero-order valence-electron chi connectivity index (χ0n) is 14.0. The highest BCUT2D eigenvalue weighted by atomic mass is 32.1. The highest BCUT2D eigenvalue weighted by Crippen LogP contribution is 2.37. The number of carbonyl (C=O) groups is 2. The Hall–Kier alpha value is -2.51. The van der Waals surface area contributed by atoms with Crippen LogP contribution in [0, 0.1) is 0 Å². The second-order valence-corrected chi connectivity index (χ2v) is 7.63. The van der Waals surface area contributed by atoms with Gasteiger partial charge in [0.25, 0.3) is 5.91 Å². The standard InChI is InChI=1S/C19H16N2O3S2/c1-2-9-21(18(23)15-8-5-10-25-15)19-20-13(11-26-19)17-16(22)12-6-3-4-7-14(12)24-17/h3-8,10-11,17H,2,9H2,1H3. The molecule has 1 aromatic carbocycles. The van der Waals surface area contributed by atoms with Crippen LogP contribution >= 0.6 is 22.7 Å². The average molecular weight is 384 g/mol. The maximum atomic E-state index is 12.8. The number of Topliss-reactive ketones (excluding diaryl/α,β-unsaturated/α-hetero) is 1. The van der Waals surface area contributed by atoms with E-state index in [9.17, 15) is 9.59 Å². The maximum Gasteiger partial charge on any atom is 0.270 e. The van der Waals surface area contributed by atoms with Gasteiger partial charge in [0.15, 0.2) is 5.13 Å². The Kier molecular flexibility index (Phi) is 4.57. The minimum Gasteiger partial charge on any atom is -0.475 e. The van der Waals surface area contributed by atoms with Crippen LogP contribution < -0.4 is 9.64 Å². The fourth-order valence-corrected chi connectivity index (χ4v) is 4.38. The van der Waals surface area contributed by atoms with Crippen molar-refractivity contribution < 1.29 is 14.3 Å². The summed E-state index contributed by atoms with van der Waals surface area (Å²) in [6.45, 7) is 2.59. The Morgan fingerprint density at radius 3 is 2.81 bits per heavy atom. The third-order valence-electron chi connectivity index (χ3n) is 4.07. The van der Waals surface area contributed by atoms with Crippen LogP contribution in [-0.4, -0.2) is 23.2 Å². The molecular weight excluding hydrogens is 368 g/mol. The summed E-state index contributed by atoms with van der Waals surface area (Å²) < 4.78 is 5.78. The van der Waals surface area contributed by atoms with Crippen LogP contribution in [0.1, 0.15) is 45.2 Å². The first-order valence-corrected chi connectivity index (χ1v) is 10.1. The number of hydrogen-bond acceptors (Lipinski definition) is 6. The number of para-hydroxylation sites is 1. The van der Waals surface area contributed by atoms with Crippen molar-refractivity contribution in [2.75, 3.05) is 11.4 Å². The number of rotatable bonds is 5. The Morgan fingerprint density at radius 2 is 2.08 bits per heavy atom. The van der Waals surface area contributed by atoms with E-state index >= 15 is 0 Å². The van der Waals surface area contributed by atoms with Crippen LogP contribution in [-0.2, 0) is 0 Å². The van der Waals surface area contributed by atoms with E-state index in [1.54, 1.807) is 22.4 Å². The predicted molar refractivity (Wildman–Crippen MR) is 103 cm³/mol. The Labute approximate surface area is 158 Å². The molecule has 132 valence electrons. The van der Waals surface area contributed by atoms with Gasteiger partial charge < -0.3 is 4.74 Å². The number of thiazole rings is 1. The smallest absolute Gasteiger partial charge is 0.270 e. The van der Waals surface area contributed by atoms with E-state index in [-0.39, 0.29) is 11.7 Å². The molecule has 0 N–H and O–H groups in total. The zero-order chi connectivity index (χ0) is 18.1. The summed E-state index contributed by atoms with van der Waals surface area (Å²) >= 11 is 2.77. The quantitative estimate of drug-likeness (QED) is 0.646. The number of fused-ring (bicyclic) bond motifs is 1. The first-order chi connectivity index (χ1) is 12.7. The molecule has 3 heterocycles. The second kappa shape index (κ2) is 7.01. The third kappa shape index (κ3) is 2.93. The van der Waals surface area contributed by atoms with E-state index in [1.165, 1.54) is 22.7 Å². The molecule has 0 spiro atoms. The number of anilines is 1. The third-order valence-corrected chi connectivity index (χ3v) is 5.81. The molecule has 0 fully saturated rings. The van der Waals surface area contributed by atoms with Crippen molar-refractivity contribution in [2.45, 2.75) is 19.4 Å². The fraction of sp³-hybridized carbons (Fsp3) is 0.211. The van der Waals surface area contributed by atoms with Crippen LogP contribution in [0.5, 0.6) is 5.75 Å². The number of thiophene rings is 1. The van der Waals surface area contributed by atoms with Crippen LogP contribution in [0.15, 0.2) is 47.2 Å². The molecule has 26 heavy (non-hydrogen) atoms. The topological polar surface area (TPSA) is 59.5 Å². The van der Waals surface area contributed by atoms with Gasteiger partial charge in [-0.3, -0.25) is 14.5 Å². The molecular formula is C19H16N2O3S2. The van der Waals surface area contributed by atoms with Crippen molar-refractivity contribution in [2.24, 2.45) is 0 Å². The molecule has 1 unspecified atom stereocenters. The molecule has 0 radical (unpaired) electrons. The molecule has 1 atom stereocenters. The highest BCUT2D eigenvalue weighted by molar-refractivity contribution is 7.14. The first kappa shape index (κ1) is 16.9. The van der Waals surface area contributed by atoms with Crippen molar-refractivity contribution >= 4 is 39.5 Å². The monoisotopic (exact) mass is 384 g/mol. The molecule has 7 heteroatoms. The lowest BCUT2D eigenvalue weighted by molar-refractivity contribution is 0.0854. The lowest BCUT2D eigenvalue weighted by Gasteiger charge is -2.18. The van der Waals surface area contributed by atoms with Gasteiger partial charge in [0, 0.05) is 11.9 Å². The number of nitrogens with zero attached hydrogens (tertiary/aromatic N) is 2. The van der Waals surface area contributed by atoms with Gasteiger partial charge in [0.05, 0.1) is 10.4 Å². The molecule has 0 saturated heterocycles. The summed E-state index contributed by atoms with van der Waals surface area (Å²) in [6, 6.07) is 10.9. The Morgan fingerprint density at radius 1 is 1.23 bits per heavy atom. The predicted octanol–water partition coefficient (Wildman–Crippen LogP) is 4.58. The first-order valence-electron chi connectivity index (χ1n) is 8.29. The summed E-state index contributed by atoms with van der Waals surface area (Å²) in [7, 11) is 0. The molecule has 1 amide bonds. The maximum absolute atomic E-state index is 12.8. The number of hydrogen-bond donors (Lipinski definition) is 0. The van der Waals surface area contributed by atoms with E-state index in [4.69, 9.17) is 4.74 Å². The largest absolute Gasteiger partial charge is 0.475 e. The normalized spacial score (nSPS) is 15.6. The number of amides is 1. The van der Waals surface area contributed by atoms with Gasteiger partial charge >= 0.3 is 0 Å². The lowest BCUT2D eigenvalue weighted by atomic mass is 10.1. The minimum atomic E-state index is -0.738. The summed E-state index contributed by atoms with van der Waals surface area (Å²) in [4.78, 5) is 32.3. The summed E-state index contributed by atoms with van der Waals surface area (Å²) in [5.41, 5.74) is 1.12. The molecule has 0 bridgehead atoms. The van der Waals surface area contributed by atoms with Gasteiger partial charge in [-0.25, -0.2) is 4.98 Å². The van der Waals surface area contributed by atoms with Gasteiger partial charge in [0.1, 0.15) is 11.4 Å². The zero-order valence-corrected chi connectivity index (χ0v) is 15.7. The molecule has 0 aliphatic carbocycles.